The number of methoxy groups -OCH3 is 2. The van der Waals surface area contributed by atoms with Crippen LogP contribution in [0.2, 0.25) is 0 Å². The van der Waals surface area contributed by atoms with Gasteiger partial charge in [0.2, 0.25) is 11.8 Å². The summed E-state index contributed by atoms with van der Waals surface area (Å²) in [5, 5.41) is 0.0209. The highest BCUT2D eigenvalue weighted by molar-refractivity contribution is 8.00. The van der Waals surface area contributed by atoms with Gasteiger partial charge in [-0.15, -0.1) is 0 Å². The molecule has 3 atom stereocenters. The molecule has 0 bridgehead atoms. The summed E-state index contributed by atoms with van der Waals surface area (Å²) in [6.45, 7) is 1.95. The number of anilines is 1. The third kappa shape index (κ3) is 3.15. The highest BCUT2D eigenvalue weighted by Crippen LogP contribution is 2.53. The van der Waals surface area contributed by atoms with E-state index in [1.54, 1.807) is 32.4 Å². The number of rotatable bonds is 4. The molecule has 32 heavy (non-hydrogen) atoms. The van der Waals surface area contributed by atoms with E-state index in [2.05, 4.69) is 4.98 Å². The smallest absolute Gasteiger partial charge is 0.305 e. The molecule has 3 aromatic rings. The Morgan fingerprint density at radius 2 is 1.66 bits per heavy atom. The summed E-state index contributed by atoms with van der Waals surface area (Å²) in [6.07, 6.45) is 0. The van der Waals surface area contributed by atoms with Crippen molar-refractivity contribution in [3.05, 3.63) is 68.1 Å². The van der Waals surface area contributed by atoms with E-state index in [4.69, 9.17) is 9.47 Å². The molecule has 3 heterocycles. The molecule has 2 aromatic carbocycles. The number of carbonyl (C=O) groups is 2. The molecule has 0 aliphatic carbocycles. The number of hydrogen-bond donors (Lipinski definition) is 1. The lowest BCUT2D eigenvalue weighted by atomic mass is 9.83. The average molecular weight is 469 g/mol. The van der Waals surface area contributed by atoms with E-state index in [-0.39, 0.29) is 16.7 Å². The number of aromatic amines is 1. The minimum atomic E-state index is -0.633. The van der Waals surface area contributed by atoms with Crippen LogP contribution in [0.1, 0.15) is 21.9 Å². The van der Waals surface area contributed by atoms with Crippen molar-refractivity contribution in [3.8, 4) is 11.5 Å². The molecule has 164 valence electrons. The molecule has 2 aliphatic heterocycles. The molecule has 9 heteroatoms. The predicted octanol–water partition coefficient (Wildman–Crippen LogP) is 3.56. The first-order valence-electron chi connectivity index (χ1n) is 9.99. The average Bonchev–Trinajstić information content (AvgIpc) is 3.28. The fourth-order valence-electron chi connectivity index (χ4n) is 4.37. The number of carbonyl (C=O) groups excluding carboxylic acids is 2. The molecule has 0 radical (unpaired) electrons. The number of ether oxygens (including phenoxy) is 2. The molecule has 2 amide bonds. The number of hydrogen-bond acceptors (Lipinski definition) is 7. The van der Waals surface area contributed by atoms with Crippen molar-refractivity contribution >= 4 is 40.6 Å². The van der Waals surface area contributed by atoms with Crippen molar-refractivity contribution in [3.63, 3.8) is 0 Å². The first-order chi connectivity index (χ1) is 15.4. The molecule has 0 spiro atoms. The fraction of sp³-hybridized carbons (Fsp3) is 0.261. The molecule has 0 unspecified atom stereocenters. The number of nitrogens with one attached hydrogen (secondary N) is 1. The maximum absolute atomic E-state index is 13.7. The summed E-state index contributed by atoms with van der Waals surface area (Å²) in [4.78, 5) is 43.9. The van der Waals surface area contributed by atoms with E-state index < -0.39 is 17.1 Å². The second-order valence-electron chi connectivity index (χ2n) is 7.71. The zero-order chi connectivity index (χ0) is 22.6. The molecular weight excluding hydrogens is 448 g/mol. The number of thioether (sulfide) groups is 1. The van der Waals surface area contributed by atoms with Crippen LogP contribution in [0.4, 0.5) is 5.69 Å². The number of fused-ring (bicyclic) bond motifs is 2. The van der Waals surface area contributed by atoms with Gasteiger partial charge < -0.3 is 14.5 Å². The van der Waals surface area contributed by atoms with E-state index in [9.17, 15) is 14.4 Å². The lowest BCUT2D eigenvalue weighted by Gasteiger charge is -2.30. The second kappa shape index (κ2) is 7.83. The number of nitrogens with zero attached hydrogens (tertiary/aromatic N) is 1. The summed E-state index contributed by atoms with van der Waals surface area (Å²) >= 11 is 2.35. The SMILES string of the molecule is COc1ccc([C@@H]2c3sc(=O)[nH]c3S[C@H]3C(=O)N(c4ccc(C)cc4)C(=O)[C@@H]23)cc1OC. The Balaban J connectivity index is 1.65. The standard InChI is InChI=1S/C23H20N2O5S2/c1-11-4-7-13(8-5-11)25-21(26)17-16(12-6-9-14(29-2)15(10-12)30-3)18-20(24-23(28)32-18)31-19(17)22(25)27/h4-10,16-17,19H,1-3H3,(H,24,28)/t16-,17-,19+/m0/s1. The number of amides is 2. The third-order valence-corrected chi connectivity index (χ3v) is 8.28. The number of thiazole rings is 1. The summed E-state index contributed by atoms with van der Waals surface area (Å²) in [6, 6.07) is 12.8. The normalized spacial score (nSPS) is 22.0. The first-order valence-corrected chi connectivity index (χ1v) is 11.7. The molecule has 1 saturated heterocycles. The molecule has 0 saturated carbocycles. The number of imide groups is 1. The minimum absolute atomic E-state index is 0.205. The van der Waals surface area contributed by atoms with Gasteiger partial charge >= 0.3 is 4.87 Å². The highest BCUT2D eigenvalue weighted by atomic mass is 32.2. The van der Waals surface area contributed by atoms with Gasteiger partial charge in [-0.3, -0.25) is 14.4 Å². The van der Waals surface area contributed by atoms with Crippen LogP contribution in [0.25, 0.3) is 0 Å². The number of aryl methyl sites for hydroxylation is 1. The Kier molecular flexibility index (Phi) is 5.10. The van der Waals surface area contributed by atoms with Gasteiger partial charge in [0.1, 0.15) is 5.25 Å². The lowest BCUT2D eigenvalue weighted by molar-refractivity contribution is -0.122. The van der Waals surface area contributed by atoms with Gasteiger partial charge in [-0.1, -0.05) is 46.9 Å². The number of benzene rings is 2. The monoisotopic (exact) mass is 468 g/mol. The lowest BCUT2D eigenvalue weighted by Crippen LogP contribution is -2.32. The molecule has 2 aliphatic rings. The predicted molar refractivity (Wildman–Crippen MR) is 123 cm³/mol. The zero-order valence-corrected chi connectivity index (χ0v) is 19.2. The van der Waals surface area contributed by atoms with Crippen LogP contribution in [-0.4, -0.2) is 36.3 Å². The van der Waals surface area contributed by atoms with E-state index >= 15 is 0 Å². The van der Waals surface area contributed by atoms with Gasteiger partial charge in [-0.2, -0.15) is 0 Å². The topological polar surface area (TPSA) is 88.7 Å². The summed E-state index contributed by atoms with van der Waals surface area (Å²) in [7, 11) is 3.10. The van der Waals surface area contributed by atoms with Crippen molar-refractivity contribution in [2.75, 3.05) is 19.1 Å². The highest BCUT2D eigenvalue weighted by Gasteiger charge is 2.56. The van der Waals surface area contributed by atoms with E-state index in [1.165, 1.54) is 16.7 Å². The Hall–Kier alpha value is -3.04. The Morgan fingerprint density at radius 1 is 0.938 bits per heavy atom. The molecule has 1 fully saturated rings. The maximum Gasteiger partial charge on any atom is 0.305 e. The van der Waals surface area contributed by atoms with Gasteiger partial charge in [0.05, 0.1) is 30.9 Å². The van der Waals surface area contributed by atoms with Crippen LogP contribution < -0.4 is 19.2 Å². The Morgan fingerprint density at radius 3 is 2.34 bits per heavy atom. The van der Waals surface area contributed by atoms with Gasteiger partial charge in [0.25, 0.3) is 0 Å². The van der Waals surface area contributed by atoms with Crippen LogP contribution in [0.15, 0.2) is 52.3 Å². The summed E-state index contributed by atoms with van der Waals surface area (Å²) < 4.78 is 10.8. The molecular formula is C23H20N2O5S2. The molecule has 1 aromatic heterocycles. The second-order valence-corrected chi connectivity index (χ2v) is 9.88. The number of H-pyrrole nitrogens is 1. The molecule has 5 rings (SSSR count). The van der Waals surface area contributed by atoms with Crippen molar-refractivity contribution in [2.45, 2.75) is 23.1 Å². The largest absolute Gasteiger partial charge is 0.493 e. The van der Waals surface area contributed by atoms with Gasteiger partial charge in [0, 0.05) is 10.8 Å². The maximum atomic E-state index is 13.7. The van der Waals surface area contributed by atoms with E-state index in [1.807, 2.05) is 31.2 Å². The van der Waals surface area contributed by atoms with Gasteiger partial charge in [-0.05, 0) is 36.8 Å². The van der Waals surface area contributed by atoms with E-state index in [0.29, 0.717) is 22.2 Å². The van der Waals surface area contributed by atoms with Crippen molar-refractivity contribution in [1.82, 2.24) is 4.98 Å². The van der Waals surface area contributed by atoms with Crippen LogP contribution in [0.5, 0.6) is 11.5 Å². The summed E-state index contributed by atoms with van der Waals surface area (Å²) in [5.74, 6) is -0.524. The Labute approximate surface area is 192 Å². The fourth-order valence-corrected chi connectivity index (χ4v) is 6.89. The quantitative estimate of drug-likeness (QED) is 0.589. The first kappa shape index (κ1) is 20.8. The van der Waals surface area contributed by atoms with Gasteiger partial charge in [0.15, 0.2) is 11.5 Å². The van der Waals surface area contributed by atoms with Crippen molar-refractivity contribution < 1.29 is 19.1 Å². The van der Waals surface area contributed by atoms with Crippen LogP contribution >= 0.6 is 23.1 Å². The zero-order valence-electron chi connectivity index (χ0n) is 17.6. The summed E-state index contributed by atoms with van der Waals surface area (Å²) in [5.41, 5.74) is 2.40. The molecule has 1 N–H and O–H groups in total. The third-order valence-electron chi connectivity index (χ3n) is 5.88. The molecule has 7 nitrogen and oxygen atoms in total. The number of aromatic nitrogens is 1. The van der Waals surface area contributed by atoms with Gasteiger partial charge in [-0.25, -0.2) is 4.90 Å². The Bertz CT molecular complexity index is 1280. The van der Waals surface area contributed by atoms with Crippen LogP contribution in [-0.2, 0) is 9.59 Å². The van der Waals surface area contributed by atoms with Crippen LogP contribution in [0.3, 0.4) is 0 Å². The minimum Gasteiger partial charge on any atom is -0.493 e. The van der Waals surface area contributed by atoms with Crippen molar-refractivity contribution in [2.24, 2.45) is 5.92 Å². The van der Waals surface area contributed by atoms with Crippen molar-refractivity contribution in [1.29, 1.82) is 0 Å². The van der Waals surface area contributed by atoms with E-state index in [0.717, 1.165) is 27.3 Å². The van der Waals surface area contributed by atoms with Crippen LogP contribution in [0, 0.1) is 12.8 Å².